The van der Waals surface area contributed by atoms with Gasteiger partial charge in [-0.25, -0.2) is 8.42 Å². The first kappa shape index (κ1) is 22.6. The van der Waals surface area contributed by atoms with Crippen molar-refractivity contribution in [2.75, 3.05) is 31.1 Å². The molecule has 0 spiro atoms. The van der Waals surface area contributed by atoms with E-state index in [9.17, 15) is 8.42 Å². The molecule has 3 aromatic carbocycles. The molecule has 0 atom stereocenters. The summed E-state index contributed by atoms with van der Waals surface area (Å²) in [6.07, 6.45) is 0. The molecule has 0 saturated carbocycles. The summed E-state index contributed by atoms with van der Waals surface area (Å²) < 4.78 is 33.7. The van der Waals surface area contributed by atoms with Crippen LogP contribution in [0.5, 0.6) is 0 Å². The van der Waals surface area contributed by atoms with Crippen molar-refractivity contribution < 1.29 is 12.9 Å². The topological polar surface area (TPSA) is 79.5 Å². The molecule has 0 aliphatic carbocycles. The second kappa shape index (κ2) is 9.21. The van der Waals surface area contributed by atoms with Crippen molar-refractivity contribution in [3.05, 3.63) is 83.4 Å². The van der Waals surface area contributed by atoms with E-state index in [2.05, 4.69) is 15.0 Å². The predicted octanol–water partition coefficient (Wildman–Crippen LogP) is 4.88. The number of piperazine rings is 1. The number of rotatable bonds is 5. The van der Waals surface area contributed by atoms with Crippen LogP contribution in [0.2, 0.25) is 5.02 Å². The molecular formula is C25H23ClN4O3S. The van der Waals surface area contributed by atoms with Gasteiger partial charge < -0.3 is 9.42 Å². The number of nitrogens with zero attached hydrogens (tertiary/aromatic N) is 4. The maximum atomic E-state index is 13.4. The Morgan fingerprint density at radius 1 is 0.882 bits per heavy atom. The van der Waals surface area contributed by atoms with Crippen LogP contribution in [0.4, 0.5) is 5.69 Å². The van der Waals surface area contributed by atoms with E-state index in [1.54, 1.807) is 24.3 Å². The van der Waals surface area contributed by atoms with Crippen LogP contribution in [0.15, 0.2) is 82.2 Å². The molecule has 0 amide bonds. The van der Waals surface area contributed by atoms with Crippen LogP contribution in [0.25, 0.3) is 22.8 Å². The second-order valence-electron chi connectivity index (χ2n) is 8.14. The van der Waals surface area contributed by atoms with Crippen LogP contribution in [0.1, 0.15) is 5.56 Å². The zero-order chi connectivity index (χ0) is 23.7. The van der Waals surface area contributed by atoms with Gasteiger partial charge >= 0.3 is 0 Å². The third-order valence-corrected chi connectivity index (χ3v) is 8.06. The minimum Gasteiger partial charge on any atom is -0.369 e. The molecule has 9 heteroatoms. The quantitative estimate of drug-likeness (QED) is 0.393. The Morgan fingerprint density at radius 2 is 1.62 bits per heavy atom. The molecule has 0 N–H and O–H groups in total. The van der Waals surface area contributed by atoms with Crippen molar-refractivity contribution in [3.63, 3.8) is 0 Å². The molecule has 34 heavy (non-hydrogen) atoms. The Labute approximate surface area is 203 Å². The van der Waals surface area contributed by atoms with Crippen molar-refractivity contribution in [1.82, 2.24) is 14.4 Å². The SMILES string of the molecule is Cc1ccc(Cl)cc1N1CCN(S(=O)(=O)c2cccc(-c3nc(-c4ccccc4)no3)c2)CC1. The maximum absolute atomic E-state index is 13.4. The summed E-state index contributed by atoms with van der Waals surface area (Å²) in [6, 6.07) is 21.9. The Hall–Kier alpha value is -3.20. The monoisotopic (exact) mass is 494 g/mol. The number of aryl methyl sites for hydroxylation is 1. The molecule has 174 valence electrons. The minimum absolute atomic E-state index is 0.205. The summed E-state index contributed by atoms with van der Waals surface area (Å²) in [5, 5.41) is 4.70. The summed E-state index contributed by atoms with van der Waals surface area (Å²) in [6.45, 7) is 3.98. The molecule has 0 bridgehead atoms. The van der Waals surface area contributed by atoms with Gasteiger partial charge in [0.2, 0.25) is 15.8 Å². The van der Waals surface area contributed by atoms with E-state index in [0.717, 1.165) is 16.8 Å². The fourth-order valence-electron chi connectivity index (χ4n) is 4.08. The lowest BCUT2D eigenvalue weighted by Gasteiger charge is -2.36. The van der Waals surface area contributed by atoms with E-state index >= 15 is 0 Å². The van der Waals surface area contributed by atoms with Gasteiger partial charge in [0.25, 0.3) is 5.89 Å². The Morgan fingerprint density at radius 3 is 2.38 bits per heavy atom. The Bertz CT molecular complexity index is 1420. The van der Waals surface area contributed by atoms with E-state index in [1.165, 1.54) is 4.31 Å². The molecule has 7 nitrogen and oxygen atoms in total. The lowest BCUT2D eigenvalue weighted by Crippen LogP contribution is -2.48. The predicted molar refractivity (Wildman–Crippen MR) is 132 cm³/mol. The average molecular weight is 495 g/mol. The lowest BCUT2D eigenvalue weighted by atomic mass is 10.1. The van der Waals surface area contributed by atoms with Gasteiger partial charge in [0.15, 0.2) is 0 Å². The summed E-state index contributed by atoms with van der Waals surface area (Å²) in [5.74, 6) is 0.730. The van der Waals surface area contributed by atoms with Gasteiger partial charge in [-0.15, -0.1) is 0 Å². The average Bonchev–Trinajstić information content (AvgIpc) is 3.37. The van der Waals surface area contributed by atoms with Crippen molar-refractivity contribution in [2.45, 2.75) is 11.8 Å². The lowest BCUT2D eigenvalue weighted by molar-refractivity contribution is 0.384. The van der Waals surface area contributed by atoms with Crippen molar-refractivity contribution in [2.24, 2.45) is 0 Å². The normalized spacial score (nSPS) is 14.9. The number of aromatic nitrogens is 2. The molecule has 1 aliphatic rings. The molecule has 5 rings (SSSR count). The van der Waals surface area contributed by atoms with Crippen LogP contribution in [-0.4, -0.2) is 49.0 Å². The Kier molecular flexibility index (Phi) is 6.12. The van der Waals surface area contributed by atoms with Crippen LogP contribution in [0, 0.1) is 6.92 Å². The maximum Gasteiger partial charge on any atom is 0.258 e. The number of hydrogen-bond acceptors (Lipinski definition) is 6. The number of halogens is 1. The van der Waals surface area contributed by atoms with E-state index in [4.69, 9.17) is 16.1 Å². The molecule has 2 heterocycles. The highest BCUT2D eigenvalue weighted by Gasteiger charge is 2.29. The van der Waals surface area contributed by atoms with Gasteiger partial charge in [0.05, 0.1) is 4.90 Å². The summed E-state index contributed by atoms with van der Waals surface area (Å²) in [7, 11) is -3.67. The number of sulfonamides is 1. The highest BCUT2D eigenvalue weighted by Crippen LogP contribution is 2.28. The molecule has 0 radical (unpaired) electrons. The van der Waals surface area contributed by atoms with Gasteiger partial charge in [0, 0.05) is 48.0 Å². The first-order valence-corrected chi connectivity index (χ1v) is 12.7. The molecular weight excluding hydrogens is 472 g/mol. The van der Waals surface area contributed by atoms with Crippen LogP contribution in [0.3, 0.4) is 0 Å². The first-order chi connectivity index (χ1) is 16.4. The zero-order valence-electron chi connectivity index (χ0n) is 18.6. The molecule has 1 aliphatic heterocycles. The number of benzene rings is 3. The van der Waals surface area contributed by atoms with E-state index < -0.39 is 10.0 Å². The number of hydrogen-bond donors (Lipinski definition) is 0. The standard InChI is InChI=1S/C25H23ClN4O3S/c1-18-10-11-21(26)17-23(18)29-12-14-30(15-13-29)34(31,32)22-9-5-8-20(16-22)25-27-24(28-33-25)19-6-3-2-4-7-19/h2-11,16-17H,12-15H2,1H3. The number of anilines is 1. The first-order valence-electron chi connectivity index (χ1n) is 10.9. The highest BCUT2D eigenvalue weighted by molar-refractivity contribution is 7.89. The van der Waals surface area contributed by atoms with Crippen molar-refractivity contribution in [3.8, 4) is 22.8 Å². The summed E-state index contributed by atoms with van der Waals surface area (Å²) in [5.41, 5.74) is 3.54. The third-order valence-electron chi connectivity index (χ3n) is 5.93. The molecule has 4 aromatic rings. The molecule has 1 saturated heterocycles. The zero-order valence-corrected chi connectivity index (χ0v) is 20.1. The fourth-order valence-corrected chi connectivity index (χ4v) is 5.71. The van der Waals surface area contributed by atoms with E-state index in [-0.39, 0.29) is 10.8 Å². The highest BCUT2D eigenvalue weighted by atomic mass is 35.5. The van der Waals surface area contributed by atoms with Crippen LogP contribution in [-0.2, 0) is 10.0 Å². The fraction of sp³-hybridized carbons (Fsp3) is 0.200. The van der Waals surface area contributed by atoms with Gasteiger partial charge in [-0.3, -0.25) is 0 Å². The van der Waals surface area contributed by atoms with E-state index in [1.807, 2.05) is 55.5 Å². The third kappa shape index (κ3) is 4.44. The molecule has 1 fully saturated rings. The largest absolute Gasteiger partial charge is 0.369 e. The van der Waals surface area contributed by atoms with Gasteiger partial charge in [0.1, 0.15) is 0 Å². The van der Waals surface area contributed by atoms with Crippen molar-refractivity contribution in [1.29, 1.82) is 0 Å². The summed E-state index contributed by atoms with van der Waals surface area (Å²) in [4.78, 5) is 6.82. The summed E-state index contributed by atoms with van der Waals surface area (Å²) >= 11 is 6.17. The van der Waals surface area contributed by atoms with Crippen LogP contribution >= 0.6 is 11.6 Å². The minimum atomic E-state index is -3.67. The molecule has 1 aromatic heterocycles. The smallest absolute Gasteiger partial charge is 0.258 e. The van der Waals surface area contributed by atoms with Crippen molar-refractivity contribution >= 4 is 27.3 Å². The van der Waals surface area contributed by atoms with Crippen LogP contribution < -0.4 is 4.90 Å². The van der Waals surface area contributed by atoms with Gasteiger partial charge in [-0.2, -0.15) is 9.29 Å². The second-order valence-corrected chi connectivity index (χ2v) is 10.5. The Balaban J connectivity index is 1.34. The van der Waals surface area contributed by atoms with Gasteiger partial charge in [-0.1, -0.05) is 59.2 Å². The van der Waals surface area contributed by atoms with Gasteiger partial charge in [-0.05, 0) is 42.8 Å². The molecule has 0 unspecified atom stereocenters. The van der Waals surface area contributed by atoms with E-state index in [0.29, 0.717) is 42.6 Å².